The van der Waals surface area contributed by atoms with Gasteiger partial charge in [-0.25, -0.2) is 13.2 Å². The van der Waals surface area contributed by atoms with E-state index in [1.807, 2.05) is 18.2 Å². The number of rotatable bonds is 5. The molecule has 0 bridgehead atoms. The zero-order valence-corrected chi connectivity index (χ0v) is 18.0. The third-order valence-corrected chi connectivity index (χ3v) is 8.13. The van der Waals surface area contributed by atoms with Crippen LogP contribution in [0.15, 0.2) is 29.2 Å². The average molecular weight is 459 g/mol. The van der Waals surface area contributed by atoms with Gasteiger partial charge in [0.25, 0.3) is 0 Å². The highest BCUT2D eigenvalue weighted by atomic mass is 35.5. The van der Waals surface area contributed by atoms with Crippen molar-refractivity contribution >= 4 is 38.9 Å². The molecule has 2 aliphatic heterocycles. The molecule has 1 aromatic carbocycles. The normalized spacial score (nSPS) is 17.4. The molecule has 0 unspecified atom stereocenters. The van der Waals surface area contributed by atoms with Crippen LogP contribution in [0.5, 0.6) is 11.5 Å². The van der Waals surface area contributed by atoms with E-state index in [1.165, 1.54) is 17.5 Å². The Bertz CT molecular complexity index is 1030. The maximum atomic E-state index is 13.1. The Balaban J connectivity index is 1.43. The Morgan fingerprint density at radius 3 is 2.62 bits per heavy atom. The highest BCUT2D eigenvalue weighted by Gasteiger charge is 2.34. The topological polar surface area (TPSA) is 85.4 Å². The second-order valence-corrected chi connectivity index (χ2v) is 10.2. The Kier molecular flexibility index (Phi) is 5.71. The number of piperazine rings is 1. The monoisotopic (exact) mass is 458 g/mol. The SMILES string of the molecule is COC(=O)c1sc(Cl)cc1S(=O)(=O)N1CCN(Cc2ccc3c(c2)OCO3)CC1. The number of thiophene rings is 1. The molecular weight excluding hydrogens is 440 g/mol. The first kappa shape index (κ1) is 20.4. The van der Waals surface area contributed by atoms with Crippen LogP contribution in [-0.4, -0.2) is 63.7 Å². The fourth-order valence-corrected chi connectivity index (χ4v) is 6.46. The van der Waals surface area contributed by atoms with Crippen molar-refractivity contribution in [2.45, 2.75) is 11.4 Å². The van der Waals surface area contributed by atoms with Crippen molar-refractivity contribution < 1.29 is 27.4 Å². The summed E-state index contributed by atoms with van der Waals surface area (Å²) in [6.45, 7) is 2.69. The summed E-state index contributed by atoms with van der Waals surface area (Å²) in [6.07, 6.45) is 0. The first-order valence-electron chi connectivity index (χ1n) is 8.87. The van der Waals surface area contributed by atoms with Crippen LogP contribution in [0.25, 0.3) is 0 Å². The number of ether oxygens (including phenoxy) is 3. The molecule has 8 nitrogen and oxygen atoms in total. The molecule has 0 amide bonds. The molecule has 1 aromatic heterocycles. The number of sulfonamides is 1. The molecule has 0 atom stereocenters. The van der Waals surface area contributed by atoms with Gasteiger partial charge in [0.1, 0.15) is 9.77 Å². The lowest BCUT2D eigenvalue weighted by atomic mass is 10.2. The molecule has 156 valence electrons. The van der Waals surface area contributed by atoms with Crippen LogP contribution in [0.2, 0.25) is 4.34 Å². The molecule has 0 aliphatic carbocycles. The predicted octanol–water partition coefficient (Wildman–Crippen LogP) is 2.42. The van der Waals surface area contributed by atoms with Gasteiger partial charge in [0.2, 0.25) is 16.8 Å². The van der Waals surface area contributed by atoms with Crippen molar-refractivity contribution in [1.29, 1.82) is 0 Å². The highest BCUT2D eigenvalue weighted by molar-refractivity contribution is 7.89. The van der Waals surface area contributed by atoms with Gasteiger partial charge in [-0.2, -0.15) is 4.31 Å². The van der Waals surface area contributed by atoms with Gasteiger partial charge in [-0.15, -0.1) is 11.3 Å². The summed E-state index contributed by atoms with van der Waals surface area (Å²) in [6, 6.07) is 7.12. The van der Waals surface area contributed by atoms with E-state index in [0.29, 0.717) is 32.7 Å². The van der Waals surface area contributed by atoms with Crippen LogP contribution in [0, 0.1) is 0 Å². The molecule has 2 aromatic rings. The standard InChI is InChI=1S/C18H19ClN2O6S2/c1-25-18(22)17-15(9-16(19)28-17)29(23,24)21-6-4-20(5-7-21)10-12-2-3-13-14(8-12)27-11-26-13/h2-3,8-9H,4-7,10-11H2,1H3. The van der Waals surface area contributed by atoms with Crippen LogP contribution < -0.4 is 9.47 Å². The fraction of sp³-hybridized carbons (Fsp3) is 0.389. The predicted molar refractivity (Wildman–Crippen MR) is 107 cm³/mol. The van der Waals surface area contributed by atoms with Crippen molar-refractivity contribution in [3.05, 3.63) is 39.0 Å². The number of nitrogens with zero attached hydrogens (tertiary/aromatic N) is 2. The summed E-state index contributed by atoms with van der Waals surface area (Å²) < 4.78 is 43.1. The number of fused-ring (bicyclic) bond motifs is 1. The molecule has 29 heavy (non-hydrogen) atoms. The summed E-state index contributed by atoms with van der Waals surface area (Å²) in [5.74, 6) is 0.760. The van der Waals surface area contributed by atoms with Crippen LogP contribution in [-0.2, 0) is 21.3 Å². The van der Waals surface area contributed by atoms with Gasteiger partial charge >= 0.3 is 5.97 Å². The van der Waals surface area contributed by atoms with E-state index in [-0.39, 0.29) is 20.9 Å². The van der Waals surface area contributed by atoms with E-state index in [4.69, 9.17) is 25.8 Å². The largest absolute Gasteiger partial charge is 0.465 e. The van der Waals surface area contributed by atoms with Crippen LogP contribution in [0.4, 0.5) is 0 Å². The van der Waals surface area contributed by atoms with Gasteiger partial charge in [-0.05, 0) is 23.8 Å². The number of halogens is 1. The van der Waals surface area contributed by atoms with E-state index in [9.17, 15) is 13.2 Å². The molecule has 2 aliphatic rings. The Labute approximate surface area is 177 Å². The molecule has 0 radical (unpaired) electrons. The molecule has 0 spiro atoms. The Hall–Kier alpha value is -1.85. The van der Waals surface area contributed by atoms with E-state index in [2.05, 4.69) is 4.90 Å². The Morgan fingerprint density at radius 2 is 1.90 bits per heavy atom. The second-order valence-electron chi connectivity index (χ2n) is 6.60. The van der Waals surface area contributed by atoms with Crippen molar-refractivity contribution in [2.75, 3.05) is 40.1 Å². The first-order valence-corrected chi connectivity index (χ1v) is 11.5. The Morgan fingerprint density at radius 1 is 1.17 bits per heavy atom. The maximum absolute atomic E-state index is 13.1. The first-order chi connectivity index (χ1) is 13.9. The minimum atomic E-state index is -3.84. The van der Waals surface area contributed by atoms with E-state index >= 15 is 0 Å². The second kappa shape index (κ2) is 8.11. The van der Waals surface area contributed by atoms with Crippen molar-refractivity contribution in [3.8, 4) is 11.5 Å². The van der Waals surface area contributed by atoms with E-state index in [0.717, 1.165) is 28.4 Å². The molecule has 11 heteroatoms. The van der Waals surface area contributed by atoms with Gasteiger partial charge in [0.05, 0.1) is 11.4 Å². The molecule has 1 fully saturated rings. The van der Waals surface area contributed by atoms with Gasteiger partial charge in [-0.3, -0.25) is 4.90 Å². The molecule has 0 saturated carbocycles. The minimum absolute atomic E-state index is 0.000268. The molecule has 0 N–H and O–H groups in total. The van der Waals surface area contributed by atoms with Crippen LogP contribution >= 0.6 is 22.9 Å². The summed E-state index contributed by atoms with van der Waals surface area (Å²) in [7, 11) is -2.63. The maximum Gasteiger partial charge on any atom is 0.349 e. The van der Waals surface area contributed by atoms with Crippen molar-refractivity contribution in [1.82, 2.24) is 9.21 Å². The van der Waals surface area contributed by atoms with Crippen molar-refractivity contribution in [3.63, 3.8) is 0 Å². The quantitative estimate of drug-likeness (QED) is 0.636. The van der Waals surface area contributed by atoms with Crippen molar-refractivity contribution in [2.24, 2.45) is 0 Å². The van der Waals surface area contributed by atoms with E-state index < -0.39 is 16.0 Å². The summed E-state index contributed by atoms with van der Waals surface area (Å²) in [5, 5.41) is 0. The lowest BCUT2D eigenvalue weighted by Crippen LogP contribution is -2.48. The smallest absolute Gasteiger partial charge is 0.349 e. The number of hydrogen-bond acceptors (Lipinski definition) is 8. The lowest BCUT2D eigenvalue weighted by molar-refractivity contribution is 0.0602. The molecule has 1 saturated heterocycles. The number of carbonyl (C=O) groups is 1. The lowest BCUT2D eigenvalue weighted by Gasteiger charge is -2.34. The summed E-state index contributed by atoms with van der Waals surface area (Å²) in [5.41, 5.74) is 1.07. The number of hydrogen-bond donors (Lipinski definition) is 0. The third kappa shape index (κ3) is 4.08. The number of methoxy groups -OCH3 is 1. The number of carbonyl (C=O) groups excluding carboxylic acids is 1. The molecule has 3 heterocycles. The summed E-state index contributed by atoms with van der Waals surface area (Å²) >= 11 is 6.87. The molecule has 4 rings (SSSR count). The zero-order chi connectivity index (χ0) is 20.6. The average Bonchev–Trinajstić information content (AvgIpc) is 3.34. The molecular formula is C18H19ClN2O6S2. The van der Waals surface area contributed by atoms with Crippen LogP contribution in [0.3, 0.4) is 0 Å². The number of benzene rings is 1. The van der Waals surface area contributed by atoms with Gasteiger partial charge in [-0.1, -0.05) is 17.7 Å². The highest BCUT2D eigenvalue weighted by Crippen LogP contribution is 2.34. The van der Waals surface area contributed by atoms with Crippen LogP contribution in [0.1, 0.15) is 15.2 Å². The van der Waals surface area contributed by atoms with Gasteiger partial charge < -0.3 is 14.2 Å². The van der Waals surface area contributed by atoms with E-state index in [1.54, 1.807) is 0 Å². The minimum Gasteiger partial charge on any atom is -0.465 e. The zero-order valence-electron chi connectivity index (χ0n) is 15.6. The van der Waals surface area contributed by atoms with Gasteiger partial charge in [0.15, 0.2) is 11.5 Å². The number of esters is 1. The van der Waals surface area contributed by atoms with Gasteiger partial charge in [0, 0.05) is 32.7 Å². The fourth-order valence-electron chi connectivity index (χ4n) is 3.34. The summed E-state index contributed by atoms with van der Waals surface area (Å²) in [4.78, 5) is 14.0. The third-order valence-electron chi connectivity index (χ3n) is 4.83.